The highest BCUT2D eigenvalue weighted by Crippen LogP contribution is 2.10. The number of amides is 1. The molecule has 0 spiro atoms. The average Bonchev–Trinajstić information content (AvgIpc) is 2.28. The van der Waals surface area contributed by atoms with Crippen molar-refractivity contribution in [3.8, 4) is 0 Å². The molecule has 0 bridgehead atoms. The van der Waals surface area contributed by atoms with Gasteiger partial charge in [-0.15, -0.1) is 11.8 Å². The van der Waals surface area contributed by atoms with E-state index in [0.717, 1.165) is 11.8 Å². The van der Waals surface area contributed by atoms with E-state index in [1.54, 1.807) is 6.07 Å². The highest BCUT2D eigenvalue weighted by Gasteiger charge is 2.12. The highest BCUT2D eigenvalue weighted by molar-refractivity contribution is 8.00. The molecule has 0 aliphatic carbocycles. The maximum Gasteiger partial charge on any atom is 0.321 e. The Bertz CT molecular complexity index is 442. The predicted octanol–water partition coefficient (Wildman–Crippen LogP) is 0.909. The minimum absolute atomic E-state index is 0.0670. The summed E-state index contributed by atoms with van der Waals surface area (Å²) >= 11 is 1.11. The van der Waals surface area contributed by atoms with Gasteiger partial charge in [0.25, 0.3) is 0 Å². The van der Waals surface area contributed by atoms with E-state index >= 15 is 0 Å². The van der Waals surface area contributed by atoms with Gasteiger partial charge < -0.3 is 16.2 Å². The molecule has 5 nitrogen and oxygen atoms in total. The summed E-state index contributed by atoms with van der Waals surface area (Å²) in [6.45, 7) is 0. The van der Waals surface area contributed by atoms with Crippen molar-refractivity contribution in [3.05, 3.63) is 30.1 Å². The number of thioether (sulfide) groups is 1. The second-order valence-electron chi connectivity index (χ2n) is 3.52. The van der Waals surface area contributed by atoms with E-state index < -0.39 is 17.8 Å². The molecule has 0 heterocycles. The molecule has 1 aromatic carbocycles. The molecule has 0 fully saturated rings. The second kappa shape index (κ2) is 6.97. The van der Waals surface area contributed by atoms with E-state index in [1.807, 2.05) is 0 Å². The first-order valence-corrected chi connectivity index (χ1v) is 6.26. The van der Waals surface area contributed by atoms with Crippen molar-refractivity contribution in [2.45, 2.75) is 6.04 Å². The number of carboxylic acids is 1. The number of nitrogens with one attached hydrogen (secondary N) is 1. The van der Waals surface area contributed by atoms with Crippen LogP contribution in [-0.4, -0.2) is 34.5 Å². The molecule has 0 aromatic heterocycles. The first kappa shape index (κ1) is 14.5. The molecule has 7 heteroatoms. The van der Waals surface area contributed by atoms with Gasteiger partial charge in [0, 0.05) is 11.4 Å². The third-order valence-corrected chi connectivity index (χ3v) is 3.02. The Morgan fingerprint density at radius 1 is 1.50 bits per heavy atom. The lowest BCUT2D eigenvalue weighted by atomic mass is 10.3. The molecule has 0 unspecified atom stereocenters. The van der Waals surface area contributed by atoms with Crippen molar-refractivity contribution < 1.29 is 19.1 Å². The largest absolute Gasteiger partial charge is 0.480 e. The van der Waals surface area contributed by atoms with Crippen molar-refractivity contribution in [2.24, 2.45) is 5.73 Å². The van der Waals surface area contributed by atoms with Crippen molar-refractivity contribution >= 4 is 29.3 Å². The number of rotatable bonds is 6. The molecule has 4 N–H and O–H groups in total. The standard InChI is InChI=1S/C11H13FN2O3S/c12-7-2-1-3-8(4-7)14-10(15)6-18-5-9(13)11(16)17/h1-4,9H,5-6,13H2,(H,14,15)(H,16,17)/t9-/m1/s1. The van der Waals surface area contributed by atoms with Gasteiger partial charge in [0.05, 0.1) is 5.75 Å². The first-order valence-electron chi connectivity index (χ1n) is 5.10. The zero-order chi connectivity index (χ0) is 13.5. The molecular weight excluding hydrogens is 259 g/mol. The van der Waals surface area contributed by atoms with Gasteiger partial charge in [0.2, 0.25) is 5.91 Å². The van der Waals surface area contributed by atoms with Gasteiger partial charge in [-0.3, -0.25) is 9.59 Å². The summed E-state index contributed by atoms with van der Waals surface area (Å²) in [6, 6.07) is 4.53. The minimum Gasteiger partial charge on any atom is -0.480 e. The van der Waals surface area contributed by atoms with Crippen LogP contribution in [0.2, 0.25) is 0 Å². The zero-order valence-electron chi connectivity index (χ0n) is 9.43. The number of hydrogen-bond acceptors (Lipinski definition) is 4. The summed E-state index contributed by atoms with van der Waals surface area (Å²) < 4.78 is 12.8. The number of carboxylic acid groups (broad SMARTS) is 1. The van der Waals surface area contributed by atoms with Crippen LogP contribution in [0.15, 0.2) is 24.3 Å². The summed E-state index contributed by atoms with van der Waals surface area (Å²) in [5.74, 6) is -1.66. The molecule has 98 valence electrons. The van der Waals surface area contributed by atoms with Crippen LogP contribution in [0, 0.1) is 5.82 Å². The summed E-state index contributed by atoms with van der Waals surface area (Å²) in [7, 11) is 0. The van der Waals surface area contributed by atoms with Crippen molar-refractivity contribution in [3.63, 3.8) is 0 Å². The molecule has 1 rings (SSSR count). The van der Waals surface area contributed by atoms with Crippen LogP contribution >= 0.6 is 11.8 Å². The van der Waals surface area contributed by atoms with E-state index in [4.69, 9.17) is 10.8 Å². The molecule has 0 saturated carbocycles. The number of carbonyl (C=O) groups excluding carboxylic acids is 1. The molecule has 0 saturated heterocycles. The minimum atomic E-state index is -1.10. The Hall–Kier alpha value is -1.60. The fraction of sp³-hybridized carbons (Fsp3) is 0.273. The van der Waals surface area contributed by atoms with Crippen molar-refractivity contribution in [1.82, 2.24) is 0 Å². The maximum atomic E-state index is 12.8. The van der Waals surface area contributed by atoms with Crippen LogP contribution in [0.5, 0.6) is 0 Å². The van der Waals surface area contributed by atoms with Crippen LogP contribution in [0.25, 0.3) is 0 Å². The highest BCUT2D eigenvalue weighted by atomic mass is 32.2. The Balaban J connectivity index is 2.32. The Morgan fingerprint density at radius 3 is 2.83 bits per heavy atom. The lowest BCUT2D eigenvalue weighted by Gasteiger charge is -2.07. The van der Waals surface area contributed by atoms with E-state index in [2.05, 4.69) is 5.32 Å². The molecule has 1 amide bonds. The molecule has 0 radical (unpaired) electrons. The number of benzene rings is 1. The summed E-state index contributed by atoms with van der Waals surface area (Å²) in [5, 5.41) is 11.0. The molecule has 1 aromatic rings. The van der Waals surface area contributed by atoms with Crippen molar-refractivity contribution in [1.29, 1.82) is 0 Å². The lowest BCUT2D eigenvalue weighted by molar-refractivity contribution is -0.137. The SMILES string of the molecule is N[C@H](CSCC(=O)Nc1cccc(F)c1)C(=O)O. The monoisotopic (exact) mass is 272 g/mol. The number of carbonyl (C=O) groups is 2. The fourth-order valence-electron chi connectivity index (χ4n) is 1.11. The second-order valence-corrected chi connectivity index (χ2v) is 4.55. The van der Waals surface area contributed by atoms with Gasteiger partial charge in [0.15, 0.2) is 0 Å². The van der Waals surface area contributed by atoms with Crippen LogP contribution in [0.1, 0.15) is 0 Å². The molecular formula is C11H13FN2O3S. The first-order chi connectivity index (χ1) is 8.49. The summed E-state index contributed by atoms with van der Waals surface area (Å²) in [4.78, 5) is 21.9. The number of halogens is 1. The number of anilines is 1. The Labute approximate surface area is 108 Å². The van der Waals surface area contributed by atoms with Crippen LogP contribution < -0.4 is 11.1 Å². The maximum absolute atomic E-state index is 12.8. The number of aliphatic carboxylic acids is 1. The Morgan fingerprint density at radius 2 is 2.22 bits per heavy atom. The van der Waals surface area contributed by atoms with E-state index in [1.165, 1.54) is 18.2 Å². The number of hydrogen-bond donors (Lipinski definition) is 3. The predicted molar refractivity (Wildman–Crippen MR) is 68.0 cm³/mol. The van der Waals surface area contributed by atoms with Gasteiger partial charge in [-0.25, -0.2) is 4.39 Å². The third-order valence-electron chi connectivity index (χ3n) is 1.96. The molecule has 0 aliphatic heterocycles. The lowest BCUT2D eigenvalue weighted by Crippen LogP contribution is -2.33. The average molecular weight is 272 g/mol. The van der Waals surface area contributed by atoms with Crippen LogP contribution in [0.4, 0.5) is 10.1 Å². The van der Waals surface area contributed by atoms with E-state index in [0.29, 0.717) is 5.69 Å². The van der Waals surface area contributed by atoms with Gasteiger partial charge in [-0.05, 0) is 18.2 Å². The van der Waals surface area contributed by atoms with Crippen molar-refractivity contribution in [2.75, 3.05) is 16.8 Å². The van der Waals surface area contributed by atoms with Gasteiger partial charge in [0.1, 0.15) is 11.9 Å². The molecule has 0 aliphatic rings. The van der Waals surface area contributed by atoms with Crippen LogP contribution in [0.3, 0.4) is 0 Å². The summed E-state index contributed by atoms with van der Waals surface area (Å²) in [6.07, 6.45) is 0. The smallest absolute Gasteiger partial charge is 0.321 e. The molecule has 1 atom stereocenters. The fourth-order valence-corrected chi connectivity index (χ4v) is 1.89. The van der Waals surface area contributed by atoms with Gasteiger partial charge in [-0.2, -0.15) is 0 Å². The quantitative estimate of drug-likeness (QED) is 0.716. The van der Waals surface area contributed by atoms with E-state index in [9.17, 15) is 14.0 Å². The van der Waals surface area contributed by atoms with E-state index in [-0.39, 0.29) is 17.4 Å². The van der Waals surface area contributed by atoms with Gasteiger partial charge >= 0.3 is 5.97 Å². The summed E-state index contributed by atoms with van der Waals surface area (Å²) in [5.41, 5.74) is 5.64. The topological polar surface area (TPSA) is 92.4 Å². The van der Waals surface area contributed by atoms with Crippen LogP contribution in [-0.2, 0) is 9.59 Å². The Kier molecular flexibility index (Phi) is 5.60. The number of nitrogens with two attached hydrogens (primary N) is 1. The zero-order valence-corrected chi connectivity index (χ0v) is 10.2. The normalized spacial score (nSPS) is 11.9. The third kappa shape index (κ3) is 5.15. The van der Waals surface area contributed by atoms with Gasteiger partial charge in [-0.1, -0.05) is 6.07 Å². The molecule has 18 heavy (non-hydrogen) atoms.